The number of carbonyl (C=O) groups is 1. The van der Waals surface area contributed by atoms with Crippen molar-refractivity contribution in [1.29, 1.82) is 0 Å². The van der Waals surface area contributed by atoms with Crippen molar-refractivity contribution < 1.29 is 13.9 Å². The van der Waals surface area contributed by atoms with Gasteiger partial charge in [-0.25, -0.2) is 14.8 Å². The molecule has 0 bridgehead atoms. The third-order valence-electron chi connectivity index (χ3n) is 4.09. The molecule has 152 valence electrons. The minimum Gasteiger partial charge on any atom is -0.465 e. The number of aliphatic imine (C=N–C) groups is 1. The smallest absolute Gasteiger partial charge is 0.337 e. The normalized spacial score (nSPS) is 12.0. The predicted molar refractivity (Wildman–Crippen MR) is 110 cm³/mol. The van der Waals surface area contributed by atoms with E-state index in [9.17, 15) is 4.79 Å². The molecule has 2 rings (SSSR count). The van der Waals surface area contributed by atoms with Crippen LogP contribution in [0.15, 0.2) is 39.9 Å². The summed E-state index contributed by atoms with van der Waals surface area (Å²) in [6, 6.07) is 7.41. The van der Waals surface area contributed by atoms with Gasteiger partial charge in [-0.2, -0.15) is 0 Å². The minimum absolute atomic E-state index is 0.0683. The van der Waals surface area contributed by atoms with Crippen LogP contribution >= 0.6 is 0 Å². The van der Waals surface area contributed by atoms with Gasteiger partial charge in [-0.15, -0.1) is 0 Å². The zero-order chi connectivity index (χ0) is 20.6. The molecule has 1 aromatic carbocycles. The number of guanidine groups is 1. The maximum atomic E-state index is 11.5. The van der Waals surface area contributed by atoms with Gasteiger partial charge >= 0.3 is 5.97 Å². The Hall–Kier alpha value is -2.83. The van der Waals surface area contributed by atoms with Crippen molar-refractivity contribution >= 4 is 11.9 Å². The van der Waals surface area contributed by atoms with Crippen LogP contribution in [0.1, 0.15) is 55.3 Å². The van der Waals surface area contributed by atoms with Crippen molar-refractivity contribution in [2.45, 2.75) is 46.1 Å². The summed E-state index contributed by atoms with van der Waals surface area (Å²) >= 11 is 0. The van der Waals surface area contributed by atoms with Crippen LogP contribution in [0, 0.1) is 0 Å². The zero-order valence-corrected chi connectivity index (χ0v) is 17.3. The van der Waals surface area contributed by atoms with Crippen molar-refractivity contribution in [2.75, 3.05) is 20.2 Å². The molecule has 1 aromatic heterocycles. The monoisotopic (exact) mass is 386 g/mol. The third kappa shape index (κ3) is 6.40. The Morgan fingerprint density at radius 3 is 2.50 bits per heavy atom. The second-order valence-electron chi connectivity index (χ2n) is 7.43. The summed E-state index contributed by atoms with van der Waals surface area (Å²) in [5.74, 6) is 1.84. The highest BCUT2D eigenvalue weighted by atomic mass is 16.5. The number of rotatable bonds is 7. The van der Waals surface area contributed by atoms with Gasteiger partial charge in [-0.1, -0.05) is 32.9 Å². The zero-order valence-electron chi connectivity index (χ0n) is 17.3. The predicted octanol–water partition coefficient (Wildman–Crippen LogP) is 3.06. The van der Waals surface area contributed by atoms with Crippen LogP contribution < -0.4 is 10.6 Å². The number of nitrogens with zero attached hydrogens (tertiary/aromatic N) is 2. The fourth-order valence-electron chi connectivity index (χ4n) is 2.47. The first-order valence-corrected chi connectivity index (χ1v) is 9.48. The van der Waals surface area contributed by atoms with Crippen LogP contribution in [0.3, 0.4) is 0 Å². The Morgan fingerprint density at radius 2 is 1.93 bits per heavy atom. The standard InChI is InChI=1S/C21H30N4O3/c1-6-22-20(25-14-18-24-13-17(28-18)21(2,3)4)23-12-11-15-7-9-16(10-8-15)19(26)27-5/h7-10,13H,6,11-12,14H2,1-5H3,(H2,22,23,25). The van der Waals surface area contributed by atoms with E-state index in [-0.39, 0.29) is 11.4 Å². The summed E-state index contributed by atoms with van der Waals surface area (Å²) in [7, 11) is 1.38. The second-order valence-corrected chi connectivity index (χ2v) is 7.43. The Bertz CT molecular complexity index is 789. The number of hydrogen-bond acceptors (Lipinski definition) is 5. The minimum atomic E-state index is -0.326. The molecule has 0 saturated heterocycles. The molecule has 0 saturated carbocycles. The first kappa shape index (κ1) is 21.5. The summed E-state index contributed by atoms with van der Waals surface area (Å²) in [5.41, 5.74) is 1.61. The van der Waals surface area contributed by atoms with Gasteiger partial charge in [-0.3, -0.25) is 0 Å². The van der Waals surface area contributed by atoms with Crippen molar-refractivity contribution in [3.05, 3.63) is 53.2 Å². The molecule has 2 N–H and O–H groups in total. The average Bonchev–Trinajstić information content (AvgIpc) is 3.15. The number of esters is 1. The van der Waals surface area contributed by atoms with Gasteiger partial charge in [0.15, 0.2) is 5.96 Å². The quantitative estimate of drug-likeness (QED) is 0.432. The first-order valence-electron chi connectivity index (χ1n) is 9.48. The first-order chi connectivity index (χ1) is 13.3. The SMILES string of the molecule is CCNC(=NCc1ncc(C(C)(C)C)o1)NCCc1ccc(C(=O)OC)cc1. The largest absolute Gasteiger partial charge is 0.465 e. The molecule has 0 unspecified atom stereocenters. The van der Waals surface area contributed by atoms with E-state index in [0.717, 1.165) is 24.3 Å². The number of aromatic nitrogens is 1. The van der Waals surface area contributed by atoms with Gasteiger partial charge in [-0.05, 0) is 31.0 Å². The fourth-order valence-corrected chi connectivity index (χ4v) is 2.47. The van der Waals surface area contributed by atoms with Crippen LogP contribution in [0.5, 0.6) is 0 Å². The van der Waals surface area contributed by atoms with Gasteiger partial charge in [0.1, 0.15) is 12.3 Å². The molecule has 7 heteroatoms. The maximum Gasteiger partial charge on any atom is 0.337 e. The number of hydrogen-bond donors (Lipinski definition) is 2. The lowest BCUT2D eigenvalue weighted by Crippen LogP contribution is -2.38. The molecule has 28 heavy (non-hydrogen) atoms. The Balaban J connectivity index is 1.89. The van der Waals surface area contributed by atoms with Crippen LogP contribution in [0.4, 0.5) is 0 Å². The molecule has 1 heterocycles. The number of oxazole rings is 1. The second kappa shape index (κ2) is 9.92. The van der Waals surface area contributed by atoms with E-state index < -0.39 is 0 Å². The third-order valence-corrected chi connectivity index (χ3v) is 4.09. The van der Waals surface area contributed by atoms with E-state index in [2.05, 4.69) is 41.4 Å². The van der Waals surface area contributed by atoms with E-state index in [1.165, 1.54) is 7.11 Å². The highest BCUT2D eigenvalue weighted by Crippen LogP contribution is 2.22. The number of carbonyl (C=O) groups excluding carboxylic acids is 1. The van der Waals surface area contributed by atoms with Crippen molar-refractivity contribution in [3.63, 3.8) is 0 Å². The number of methoxy groups -OCH3 is 1. The lowest BCUT2D eigenvalue weighted by atomic mass is 9.94. The van der Waals surface area contributed by atoms with E-state index in [0.29, 0.717) is 30.5 Å². The summed E-state index contributed by atoms with van der Waals surface area (Å²) in [6.07, 6.45) is 2.57. The Morgan fingerprint density at radius 1 is 1.21 bits per heavy atom. The van der Waals surface area contributed by atoms with Crippen molar-refractivity contribution in [1.82, 2.24) is 15.6 Å². The lowest BCUT2D eigenvalue weighted by Gasteiger charge is -2.13. The fraction of sp³-hybridized carbons (Fsp3) is 0.476. The van der Waals surface area contributed by atoms with Crippen LogP contribution in [0.25, 0.3) is 0 Å². The lowest BCUT2D eigenvalue weighted by molar-refractivity contribution is 0.0600. The van der Waals surface area contributed by atoms with Crippen LogP contribution in [0.2, 0.25) is 0 Å². The molecule has 0 atom stereocenters. The molecule has 0 aliphatic rings. The number of ether oxygens (including phenoxy) is 1. The molecular formula is C21H30N4O3. The summed E-state index contributed by atoms with van der Waals surface area (Å²) < 4.78 is 10.5. The molecule has 0 aliphatic carbocycles. The van der Waals surface area contributed by atoms with Gasteiger partial charge in [0.05, 0.1) is 18.9 Å². The van der Waals surface area contributed by atoms with Gasteiger partial charge in [0.25, 0.3) is 0 Å². The molecule has 0 spiro atoms. The van der Waals surface area contributed by atoms with Gasteiger partial charge in [0, 0.05) is 18.5 Å². The van der Waals surface area contributed by atoms with E-state index >= 15 is 0 Å². The number of nitrogens with one attached hydrogen (secondary N) is 2. The number of benzene rings is 1. The molecule has 0 radical (unpaired) electrons. The molecular weight excluding hydrogens is 356 g/mol. The van der Waals surface area contributed by atoms with Crippen molar-refractivity contribution in [3.8, 4) is 0 Å². The van der Waals surface area contributed by atoms with Crippen LogP contribution in [-0.4, -0.2) is 37.1 Å². The molecule has 2 aromatic rings. The molecule has 0 amide bonds. The topological polar surface area (TPSA) is 88.8 Å². The van der Waals surface area contributed by atoms with E-state index in [4.69, 9.17) is 9.15 Å². The maximum absolute atomic E-state index is 11.5. The molecule has 0 aliphatic heterocycles. The summed E-state index contributed by atoms with van der Waals surface area (Å²) in [6.45, 7) is 10.1. The van der Waals surface area contributed by atoms with E-state index in [1.54, 1.807) is 18.3 Å². The Kier molecular flexibility index (Phi) is 7.61. The Labute approximate surface area is 166 Å². The van der Waals surface area contributed by atoms with Crippen LogP contribution in [-0.2, 0) is 23.1 Å². The molecule has 0 fully saturated rings. The summed E-state index contributed by atoms with van der Waals surface area (Å²) in [5, 5.41) is 6.52. The highest BCUT2D eigenvalue weighted by Gasteiger charge is 2.19. The van der Waals surface area contributed by atoms with E-state index in [1.807, 2.05) is 19.1 Å². The molecule has 7 nitrogen and oxygen atoms in total. The highest BCUT2D eigenvalue weighted by molar-refractivity contribution is 5.89. The average molecular weight is 386 g/mol. The van der Waals surface area contributed by atoms with Gasteiger partial charge < -0.3 is 19.8 Å². The van der Waals surface area contributed by atoms with Crippen molar-refractivity contribution in [2.24, 2.45) is 4.99 Å². The summed E-state index contributed by atoms with van der Waals surface area (Å²) in [4.78, 5) is 20.3. The van der Waals surface area contributed by atoms with Gasteiger partial charge in [0.2, 0.25) is 5.89 Å².